The average Bonchev–Trinajstić information content (AvgIpc) is 2.47. The Bertz CT molecular complexity index is 657. The lowest BCUT2D eigenvalue weighted by Crippen LogP contribution is -2.40. The maximum absolute atomic E-state index is 12.1. The maximum atomic E-state index is 12.1. The van der Waals surface area contributed by atoms with Crippen LogP contribution in [-0.2, 0) is 11.2 Å². The van der Waals surface area contributed by atoms with Crippen molar-refractivity contribution in [3.05, 3.63) is 22.3 Å². The van der Waals surface area contributed by atoms with Crippen LogP contribution in [0.3, 0.4) is 0 Å². The van der Waals surface area contributed by atoms with Crippen molar-refractivity contribution in [1.29, 1.82) is 0 Å². The van der Waals surface area contributed by atoms with Gasteiger partial charge < -0.3 is 19.3 Å². The number of ether oxygens (including phenoxy) is 3. The predicted molar refractivity (Wildman–Crippen MR) is 92.0 cm³/mol. The minimum atomic E-state index is -0.704. The SMILES string of the molecule is Cc1c(C)c2c(c(C)c1OC(=O)OC(C)(C)C)CCC(C)(CO)O2. The molecule has 0 saturated carbocycles. The van der Waals surface area contributed by atoms with Gasteiger partial charge in [-0.3, -0.25) is 0 Å². The number of aliphatic hydroxyl groups is 1. The van der Waals surface area contributed by atoms with E-state index in [9.17, 15) is 9.90 Å². The summed E-state index contributed by atoms with van der Waals surface area (Å²) in [7, 11) is 0. The van der Waals surface area contributed by atoms with Crippen molar-refractivity contribution in [2.24, 2.45) is 0 Å². The van der Waals surface area contributed by atoms with Crippen LogP contribution >= 0.6 is 0 Å². The molecule has 5 nitrogen and oxygen atoms in total. The van der Waals surface area contributed by atoms with Crippen LogP contribution in [0.2, 0.25) is 0 Å². The van der Waals surface area contributed by atoms with E-state index in [1.54, 1.807) is 20.8 Å². The first-order valence-electron chi connectivity index (χ1n) is 8.31. The molecule has 0 fully saturated rings. The number of fused-ring (bicyclic) bond motifs is 1. The van der Waals surface area contributed by atoms with Gasteiger partial charge in [0, 0.05) is 5.56 Å². The molecule has 1 unspecified atom stereocenters. The molecular weight excluding hydrogens is 308 g/mol. The molecule has 1 atom stereocenters. The third-order valence-corrected chi connectivity index (χ3v) is 4.47. The number of aliphatic hydroxyl groups excluding tert-OH is 1. The molecule has 0 bridgehead atoms. The lowest BCUT2D eigenvalue weighted by Gasteiger charge is -2.36. The Morgan fingerprint density at radius 1 is 1.21 bits per heavy atom. The van der Waals surface area contributed by atoms with Gasteiger partial charge in [-0.25, -0.2) is 4.79 Å². The number of hydrogen-bond donors (Lipinski definition) is 1. The Balaban J connectivity index is 2.40. The van der Waals surface area contributed by atoms with E-state index in [1.165, 1.54) is 0 Å². The van der Waals surface area contributed by atoms with E-state index in [4.69, 9.17) is 14.2 Å². The summed E-state index contributed by atoms with van der Waals surface area (Å²) in [6.45, 7) is 13.1. The van der Waals surface area contributed by atoms with Crippen molar-refractivity contribution in [3.63, 3.8) is 0 Å². The molecule has 134 valence electrons. The van der Waals surface area contributed by atoms with Crippen molar-refractivity contribution in [3.8, 4) is 11.5 Å². The van der Waals surface area contributed by atoms with Crippen LogP contribution in [0.4, 0.5) is 4.79 Å². The highest BCUT2D eigenvalue weighted by Gasteiger charge is 2.34. The van der Waals surface area contributed by atoms with Crippen molar-refractivity contribution in [1.82, 2.24) is 0 Å². The molecule has 5 heteroatoms. The van der Waals surface area contributed by atoms with Gasteiger partial charge in [-0.2, -0.15) is 0 Å². The van der Waals surface area contributed by atoms with Gasteiger partial charge in [-0.15, -0.1) is 0 Å². The fraction of sp³-hybridized carbons (Fsp3) is 0.632. The molecule has 1 heterocycles. The zero-order valence-corrected chi connectivity index (χ0v) is 15.7. The number of rotatable bonds is 2. The molecule has 1 aliphatic heterocycles. The summed E-state index contributed by atoms with van der Waals surface area (Å²) >= 11 is 0. The molecule has 0 aromatic heterocycles. The molecule has 24 heavy (non-hydrogen) atoms. The van der Waals surface area contributed by atoms with E-state index in [2.05, 4.69) is 0 Å². The smallest absolute Gasteiger partial charge is 0.485 e. The average molecular weight is 336 g/mol. The van der Waals surface area contributed by atoms with Crippen molar-refractivity contribution in [2.45, 2.75) is 72.5 Å². The zero-order chi connectivity index (χ0) is 18.3. The molecule has 0 saturated heterocycles. The molecule has 2 rings (SSSR count). The molecule has 0 aliphatic carbocycles. The van der Waals surface area contributed by atoms with Gasteiger partial charge in [0.25, 0.3) is 0 Å². The minimum Gasteiger partial charge on any atom is -0.485 e. The molecule has 0 radical (unpaired) electrons. The van der Waals surface area contributed by atoms with Gasteiger partial charge in [0.05, 0.1) is 6.61 Å². The summed E-state index contributed by atoms with van der Waals surface area (Å²) in [5.74, 6) is 1.33. The third-order valence-electron chi connectivity index (χ3n) is 4.47. The third kappa shape index (κ3) is 3.66. The summed E-state index contributed by atoms with van der Waals surface area (Å²) < 4.78 is 16.9. The largest absolute Gasteiger partial charge is 0.514 e. The molecule has 1 aromatic carbocycles. The number of carbonyl (C=O) groups excluding carboxylic acids is 1. The highest BCUT2D eigenvalue weighted by Crippen LogP contribution is 2.43. The first-order chi connectivity index (χ1) is 11.0. The molecule has 0 amide bonds. The second-order valence-corrected chi connectivity index (χ2v) is 7.79. The van der Waals surface area contributed by atoms with Crippen molar-refractivity contribution in [2.75, 3.05) is 6.61 Å². The predicted octanol–water partition coefficient (Wildman–Crippen LogP) is 4.00. The topological polar surface area (TPSA) is 65.0 Å². The van der Waals surface area contributed by atoms with E-state index in [-0.39, 0.29) is 6.61 Å². The maximum Gasteiger partial charge on any atom is 0.514 e. The molecular formula is C19H28O5. The summed E-state index contributed by atoms with van der Waals surface area (Å²) in [4.78, 5) is 12.1. The van der Waals surface area contributed by atoms with Crippen LogP contribution in [-0.4, -0.2) is 29.1 Å². The zero-order valence-electron chi connectivity index (χ0n) is 15.7. The fourth-order valence-electron chi connectivity index (χ4n) is 2.90. The summed E-state index contributed by atoms with van der Waals surface area (Å²) in [5.41, 5.74) is 2.52. The fourth-order valence-corrected chi connectivity index (χ4v) is 2.90. The standard InChI is InChI=1S/C19H28O5/c1-11-12(2)16-14(8-9-19(7,10-20)23-16)13(3)15(11)22-17(21)24-18(4,5)6/h20H,8-10H2,1-7H3. The van der Waals surface area contributed by atoms with Crippen LogP contribution < -0.4 is 9.47 Å². The summed E-state index contributed by atoms with van der Waals surface area (Å²) in [5, 5.41) is 9.58. The van der Waals surface area contributed by atoms with Crippen molar-refractivity contribution >= 4 is 6.16 Å². The summed E-state index contributed by atoms with van der Waals surface area (Å²) in [6.07, 6.45) is 0.778. The van der Waals surface area contributed by atoms with E-state index in [1.807, 2.05) is 27.7 Å². The lowest BCUT2D eigenvalue weighted by molar-refractivity contribution is 0.00671. The van der Waals surface area contributed by atoms with Crippen LogP contribution in [0.5, 0.6) is 11.5 Å². The van der Waals surface area contributed by atoms with Gasteiger partial charge >= 0.3 is 6.16 Å². The minimum absolute atomic E-state index is 0.0276. The van der Waals surface area contributed by atoms with Gasteiger partial charge in [0.1, 0.15) is 22.7 Å². The van der Waals surface area contributed by atoms with Crippen LogP contribution in [0.25, 0.3) is 0 Å². The first-order valence-corrected chi connectivity index (χ1v) is 8.31. The van der Waals surface area contributed by atoms with Crippen LogP contribution in [0.1, 0.15) is 56.4 Å². The van der Waals surface area contributed by atoms with Gasteiger partial charge in [0.2, 0.25) is 0 Å². The van der Waals surface area contributed by atoms with Crippen LogP contribution in [0, 0.1) is 20.8 Å². The lowest BCUT2D eigenvalue weighted by atomic mass is 9.87. The molecule has 0 spiro atoms. The quantitative estimate of drug-likeness (QED) is 0.653. The second-order valence-electron chi connectivity index (χ2n) is 7.79. The summed E-state index contributed by atoms with van der Waals surface area (Å²) in [6, 6.07) is 0. The van der Waals surface area contributed by atoms with E-state index in [0.29, 0.717) is 12.2 Å². The first kappa shape index (κ1) is 18.6. The highest BCUT2D eigenvalue weighted by molar-refractivity contribution is 5.68. The molecule has 1 N–H and O–H groups in total. The highest BCUT2D eigenvalue weighted by atomic mass is 16.7. The number of benzene rings is 1. The van der Waals surface area contributed by atoms with Gasteiger partial charge in [-0.05, 0) is 78.0 Å². The Morgan fingerprint density at radius 3 is 2.38 bits per heavy atom. The monoisotopic (exact) mass is 336 g/mol. The van der Waals surface area contributed by atoms with E-state index < -0.39 is 17.4 Å². The second kappa shape index (κ2) is 6.28. The number of carbonyl (C=O) groups is 1. The Kier molecular flexibility index (Phi) is 4.86. The van der Waals surface area contributed by atoms with E-state index in [0.717, 1.165) is 34.4 Å². The Labute approximate surface area is 143 Å². The van der Waals surface area contributed by atoms with E-state index >= 15 is 0 Å². The van der Waals surface area contributed by atoms with Crippen LogP contribution in [0.15, 0.2) is 0 Å². The normalized spacial score (nSPS) is 20.2. The Hall–Kier alpha value is -1.75. The Morgan fingerprint density at radius 2 is 1.83 bits per heavy atom. The van der Waals surface area contributed by atoms with Gasteiger partial charge in [-0.1, -0.05) is 0 Å². The number of hydrogen-bond acceptors (Lipinski definition) is 5. The van der Waals surface area contributed by atoms with Gasteiger partial charge in [0.15, 0.2) is 0 Å². The van der Waals surface area contributed by atoms with Crippen molar-refractivity contribution < 1.29 is 24.1 Å². The molecule has 1 aliphatic rings. The molecule has 1 aromatic rings.